The third-order valence-corrected chi connectivity index (χ3v) is 5.09. The molecule has 20 heavy (non-hydrogen) atoms. The van der Waals surface area contributed by atoms with Gasteiger partial charge in [0.05, 0.1) is 0 Å². The van der Waals surface area contributed by atoms with E-state index in [9.17, 15) is 0 Å². The first kappa shape index (κ1) is 12.2. The van der Waals surface area contributed by atoms with Gasteiger partial charge in [-0.2, -0.15) is 11.3 Å². The van der Waals surface area contributed by atoms with E-state index >= 15 is 0 Å². The lowest BCUT2D eigenvalue weighted by molar-refractivity contribution is 0.236. The molecular formula is C17H17NOS. The number of benzene rings is 1. The molecular weight excluding hydrogens is 266 g/mol. The van der Waals surface area contributed by atoms with Crippen LogP contribution in [0.4, 0.5) is 0 Å². The second-order valence-electron chi connectivity index (χ2n) is 5.78. The van der Waals surface area contributed by atoms with E-state index in [-0.39, 0.29) is 5.54 Å². The Balaban J connectivity index is 1.76. The van der Waals surface area contributed by atoms with E-state index < -0.39 is 0 Å². The summed E-state index contributed by atoms with van der Waals surface area (Å²) in [5.74, 6) is 0.849. The molecule has 0 unspecified atom stereocenters. The van der Waals surface area contributed by atoms with Gasteiger partial charge in [0.25, 0.3) is 0 Å². The number of thiophene rings is 1. The molecule has 1 aliphatic carbocycles. The first-order chi connectivity index (χ1) is 9.76. The lowest BCUT2D eigenvalue weighted by atomic mass is 9.77. The third kappa shape index (κ3) is 1.88. The van der Waals surface area contributed by atoms with Crippen LogP contribution >= 0.6 is 11.3 Å². The smallest absolute Gasteiger partial charge is 0.180 e. The maximum atomic E-state index is 5.62. The van der Waals surface area contributed by atoms with Crippen molar-refractivity contribution in [1.29, 1.82) is 0 Å². The molecule has 102 valence electrons. The molecule has 0 N–H and O–H groups in total. The van der Waals surface area contributed by atoms with Gasteiger partial charge >= 0.3 is 0 Å². The molecule has 2 nitrogen and oxygen atoms in total. The fourth-order valence-corrected chi connectivity index (χ4v) is 4.10. The minimum Gasteiger partial charge on any atom is -0.479 e. The summed E-state index contributed by atoms with van der Waals surface area (Å²) in [6, 6.07) is 8.90. The summed E-state index contributed by atoms with van der Waals surface area (Å²) in [5, 5.41) is 4.39. The number of nitrogens with zero attached hydrogens (tertiary/aromatic N) is 1. The molecule has 2 aliphatic rings. The Bertz CT molecular complexity index is 674. The van der Waals surface area contributed by atoms with Crippen LogP contribution in [-0.4, -0.2) is 18.0 Å². The SMILES string of the molecule is CC1=N[C@]2(CCc3c(cccc3-c3ccsc3)C2)CO1. The highest BCUT2D eigenvalue weighted by atomic mass is 32.1. The highest BCUT2D eigenvalue weighted by molar-refractivity contribution is 7.08. The molecule has 0 radical (unpaired) electrons. The van der Waals surface area contributed by atoms with Gasteiger partial charge in [0, 0.05) is 13.3 Å². The molecule has 0 saturated carbocycles. The van der Waals surface area contributed by atoms with E-state index in [1.165, 1.54) is 22.3 Å². The van der Waals surface area contributed by atoms with Gasteiger partial charge in [-0.1, -0.05) is 18.2 Å². The second kappa shape index (κ2) is 4.45. The van der Waals surface area contributed by atoms with E-state index in [1.807, 2.05) is 6.92 Å². The van der Waals surface area contributed by atoms with Crippen LogP contribution in [0, 0.1) is 0 Å². The van der Waals surface area contributed by atoms with Gasteiger partial charge in [-0.25, -0.2) is 4.99 Å². The molecule has 1 aromatic heterocycles. The maximum Gasteiger partial charge on any atom is 0.180 e. The summed E-state index contributed by atoms with van der Waals surface area (Å²) in [6.45, 7) is 2.72. The van der Waals surface area contributed by atoms with Gasteiger partial charge in [0.1, 0.15) is 12.1 Å². The first-order valence-electron chi connectivity index (χ1n) is 7.08. The fraction of sp³-hybridized carbons (Fsp3) is 0.353. The summed E-state index contributed by atoms with van der Waals surface area (Å²) in [6.07, 6.45) is 3.21. The summed E-state index contributed by atoms with van der Waals surface area (Å²) >= 11 is 1.76. The van der Waals surface area contributed by atoms with Crippen molar-refractivity contribution < 1.29 is 4.74 Å². The zero-order chi connectivity index (χ0) is 13.6. The van der Waals surface area contributed by atoms with E-state index in [2.05, 4.69) is 35.0 Å². The average Bonchev–Trinajstić information content (AvgIpc) is 3.09. The van der Waals surface area contributed by atoms with Crippen molar-refractivity contribution in [3.05, 3.63) is 46.2 Å². The molecule has 4 rings (SSSR count). The topological polar surface area (TPSA) is 21.6 Å². The number of hydrogen-bond donors (Lipinski definition) is 0. The molecule has 2 heterocycles. The maximum absolute atomic E-state index is 5.62. The highest BCUT2D eigenvalue weighted by Crippen LogP contribution is 2.39. The quantitative estimate of drug-likeness (QED) is 0.772. The predicted octanol–water partition coefficient (Wildman–Crippen LogP) is 4.09. The van der Waals surface area contributed by atoms with Crippen molar-refractivity contribution in [3.63, 3.8) is 0 Å². The molecule has 1 aromatic carbocycles. The van der Waals surface area contributed by atoms with Crippen LogP contribution in [0.25, 0.3) is 11.1 Å². The highest BCUT2D eigenvalue weighted by Gasteiger charge is 2.39. The lowest BCUT2D eigenvalue weighted by Crippen LogP contribution is -2.35. The Kier molecular flexibility index (Phi) is 2.71. The molecule has 1 spiro atoms. The van der Waals surface area contributed by atoms with Gasteiger partial charge in [-0.15, -0.1) is 0 Å². The van der Waals surface area contributed by atoms with Crippen LogP contribution in [0.1, 0.15) is 24.5 Å². The Hall–Kier alpha value is -1.61. The van der Waals surface area contributed by atoms with Gasteiger partial charge < -0.3 is 4.74 Å². The van der Waals surface area contributed by atoms with Gasteiger partial charge in [0.15, 0.2) is 5.90 Å². The largest absolute Gasteiger partial charge is 0.479 e. The summed E-state index contributed by atoms with van der Waals surface area (Å²) in [4.78, 5) is 4.77. The molecule has 1 atom stereocenters. The molecule has 0 bridgehead atoms. The van der Waals surface area contributed by atoms with E-state index in [0.29, 0.717) is 0 Å². The third-order valence-electron chi connectivity index (χ3n) is 4.41. The van der Waals surface area contributed by atoms with Gasteiger partial charge in [0.2, 0.25) is 0 Å². The van der Waals surface area contributed by atoms with Crippen molar-refractivity contribution in [2.24, 2.45) is 4.99 Å². The zero-order valence-electron chi connectivity index (χ0n) is 11.6. The Labute approximate surface area is 123 Å². The van der Waals surface area contributed by atoms with Gasteiger partial charge in [-0.3, -0.25) is 0 Å². The molecule has 1 aliphatic heterocycles. The van der Waals surface area contributed by atoms with Crippen molar-refractivity contribution >= 4 is 17.2 Å². The van der Waals surface area contributed by atoms with Crippen molar-refractivity contribution in [2.75, 3.05) is 6.61 Å². The van der Waals surface area contributed by atoms with E-state index in [1.54, 1.807) is 11.3 Å². The number of hydrogen-bond acceptors (Lipinski definition) is 3. The Morgan fingerprint density at radius 1 is 1.30 bits per heavy atom. The lowest BCUT2D eigenvalue weighted by Gasteiger charge is -2.31. The number of fused-ring (bicyclic) bond motifs is 1. The van der Waals surface area contributed by atoms with Crippen LogP contribution in [0.5, 0.6) is 0 Å². The minimum absolute atomic E-state index is 0.00432. The number of ether oxygens (including phenoxy) is 1. The molecule has 0 fully saturated rings. The van der Waals surface area contributed by atoms with Crippen molar-refractivity contribution in [2.45, 2.75) is 31.7 Å². The van der Waals surface area contributed by atoms with Crippen LogP contribution in [0.3, 0.4) is 0 Å². The molecule has 0 saturated heterocycles. The van der Waals surface area contributed by atoms with Crippen LogP contribution in [0.2, 0.25) is 0 Å². The van der Waals surface area contributed by atoms with E-state index in [0.717, 1.165) is 31.8 Å². The number of rotatable bonds is 1. The predicted molar refractivity (Wildman–Crippen MR) is 83.6 cm³/mol. The van der Waals surface area contributed by atoms with Crippen molar-refractivity contribution in [3.8, 4) is 11.1 Å². The van der Waals surface area contributed by atoms with Crippen LogP contribution in [0.15, 0.2) is 40.0 Å². The van der Waals surface area contributed by atoms with Crippen molar-refractivity contribution in [1.82, 2.24) is 0 Å². The standard InChI is InChI=1S/C17H17NOS/c1-12-18-17(11-19-12)7-5-16-13(9-17)3-2-4-15(16)14-6-8-20-10-14/h2-4,6,8,10H,5,7,9,11H2,1H3/t17-/m0/s1. The molecule has 3 heteroatoms. The molecule has 0 amide bonds. The van der Waals surface area contributed by atoms with Crippen LogP contribution < -0.4 is 0 Å². The van der Waals surface area contributed by atoms with Gasteiger partial charge in [-0.05, 0) is 51.9 Å². The molecule has 2 aromatic rings. The monoisotopic (exact) mass is 283 g/mol. The summed E-state index contributed by atoms with van der Waals surface area (Å²) in [7, 11) is 0. The average molecular weight is 283 g/mol. The summed E-state index contributed by atoms with van der Waals surface area (Å²) in [5.41, 5.74) is 5.71. The Morgan fingerprint density at radius 3 is 3.00 bits per heavy atom. The van der Waals surface area contributed by atoms with Crippen LogP contribution in [-0.2, 0) is 17.6 Å². The number of aliphatic imine (C=N–C) groups is 1. The first-order valence-corrected chi connectivity index (χ1v) is 8.03. The summed E-state index contributed by atoms with van der Waals surface area (Å²) < 4.78 is 5.62. The van der Waals surface area contributed by atoms with E-state index in [4.69, 9.17) is 9.73 Å². The fourth-order valence-electron chi connectivity index (χ4n) is 3.44. The Morgan fingerprint density at radius 2 is 2.25 bits per heavy atom. The zero-order valence-corrected chi connectivity index (χ0v) is 12.4. The second-order valence-corrected chi connectivity index (χ2v) is 6.56. The normalized spacial score (nSPS) is 24.4. The minimum atomic E-state index is 0.00432.